The largest absolute Gasteiger partial charge is 0.324 e. The van der Waals surface area contributed by atoms with Gasteiger partial charge in [0.25, 0.3) is 0 Å². The van der Waals surface area contributed by atoms with Crippen molar-refractivity contribution in [2.75, 3.05) is 5.32 Å². The number of amides is 1. The van der Waals surface area contributed by atoms with E-state index in [4.69, 9.17) is 11.6 Å². The quantitative estimate of drug-likeness (QED) is 0.790. The molecule has 0 aliphatic heterocycles. The number of carbonyl (C=O) groups is 1. The van der Waals surface area contributed by atoms with Crippen LogP contribution in [0.3, 0.4) is 0 Å². The number of nitrogens with zero attached hydrogens (tertiary/aromatic N) is 4. The Kier molecular flexibility index (Phi) is 4.57. The Labute approximate surface area is 144 Å². The van der Waals surface area contributed by atoms with Crippen molar-refractivity contribution in [3.63, 3.8) is 0 Å². The summed E-state index contributed by atoms with van der Waals surface area (Å²) in [5, 5.41) is 15.4. The minimum atomic E-state index is -0.219. The topological polar surface area (TPSA) is 72.7 Å². The summed E-state index contributed by atoms with van der Waals surface area (Å²) in [5.41, 5.74) is 3.61. The third-order valence-electron chi connectivity index (χ3n) is 3.36. The summed E-state index contributed by atoms with van der Waals surface area (Å²) in [6.07, 6.45) is 0. The van der Waals surface area contributed by atoms with E-state index in [9.17, 15) is 4.79 Å². The van der Waals surface area contributed by atoms with Crippen molar-refractivity contribution in [2.24, 2.45) is 0 Å². The molecule has 1 aromatic heterocycles. The van der Waals surface area contributed by atoms with E-state index in [0.29, 0.717) is 16.4 Å². The monoisotopic (exact) mass is 341 g/mol. The SMILES string of the molecule is Cc1cc(C)cc(NC(=O)Cn2nnc(-c3ccccc3Cl)n2)c1. The fraction of sp³-hybridized carbons (Fsp3) is 0.176. The Morgan fingerprint density at radius 1 is 1.17 bits per heavy atom. The molecule has 0 radical (unpaired) electrons. The molecule has 1 amide bonds. The number of benzene rings is 2. The zero-order chi connectivity index (χ0) is 17.1. The number of aromatic nitrogens is 4. The first-order chi connectivity index (χ1) is 11.5. The van der Waals surface area contributed by atoms with Crippen LogP contribution in [0.4, 0.5) is 5.69 Å². The van der Waals surface area contributed by atoms with E-state index in [1.165, 1.54) is 4.80 Å². The van der Waals surface area contributed by atoms with Gasteiger partial charge in [0.15, 0.2) is 0 Å². The summed E-state index contributed by atoms with van der Waals surface area (Å²) in [4.78, 5) is 13.4. The molecule has 24 heavy (non-hydrogen) atoms. The molecular weight excluding hydrogens is 326 g/mol. The number of halogens is 1. The molecule has 7 heteroatoms. The average molecular weight is 342 g/mol. The van der Waals surface area contributed by atoms with Gasteiger partial charge < -0.3 is 5.32 Å². The lowest BCUT2D eigenvalue weighted by Gasteiger charge is -2.06. The smallest absolute Gasteiger partial charge is 0.248 e. The van der Waals surface area contributed by atoms with Crippen LogP contribution in [0.25, 0.3) is 11.4 Å². The molecule has 0 aliphatic rings. The molecule has 0 spiro atoms. The molecule has 0 bridgehead atoms. The highest BCUT2D eigenvalue weighted by Gasteiger charge is 2.12. The third-order valence-corrected chi connectivity index (χ3v) is 3.69. The van der Waals surface area contributed by atoms with Crippen LogP contribution in [0, 0.1) is 13.8 Å². The highest BCUT2D eigenvalue weighted by molar-refractivity contribution is 6.33. The van der Waals surface area contributed by atoms with E-state index >= 15 is 0 Å². The first-order valence-electron chi connectivity index (χ1n) is 7.42. The molecule has 0 unspecified atom stereocenters. The summed E-state index contributed by atoms with van der Waals surface area (Å²) in [7, 11) is 0. The van der Waals surface area contributed by atoms with Gasteiger partial charge in [-0.3, -0.25) is 4.79 Å². The molecular formula is C17H16ClN5O. The second-order valence-electron chi connectivity index (χ2n) is 5.55. The highest BCUT2D eigenvalue weighted by Crippen LogP contribution is 2.23. The van der Waals surface area contributed by atoms with Crippen LogP contribution >= 0.6 is 11.6 Å². The lowest BCUT2D eigenvalue weighted by atomic mass is 10.1. The van der Waals surface area contributed by atoms with E-state index in [1.807, 2.05) is 44.2 Å². The summed E-state index contributed by atoms with van der Waals surface area (Å²) in [6, 6.07) is 13.1. The van der Waals surface area contributed by atoms with Gasteiger partial charge in [0.1, 0.15) is 6.54 Å². The Balaban J connectivity index is 1.70. The van der Waals surface area contributed by atoms with Crippen molar-refractivity contribution < 1.29 is 4.79 Å². The predicted octanol–water partition coefficient (Wildman–Crippen LogP) is 3.25. The van der Waals surface area contributed by atoms with E-state index in [-0.39, 0.29) is 12.5 Å². The molecule has 0 aliphatic carbocycles. The van der Waals surface area contributed by atoms with Gasteiger partial charge >= 0.3 is 0 Å². The summed E-state index contributed by atoms with van der Waals surface area (Å²) < 4.78 is 0. The highest BCUT2D eigenvalue weighted by atomic mass is 35.5. The minimum absolute atomic E-state index is 0.0234. The summed E-state index contributed by atoms with van der Waals surface area (Å²) in [5.74, 6) is 0.169. The summed E-state index contributed by atoms with van der Waals surface area (Å²) in [6.45, 7) is 3.94. The minimum Gasteiger partial charge on any atom is -0.324 e. The maximum Gasteiger partial charge on any atom is 0.248 e. The third kappa shape index (κ3) is 3.78. The average Bonchev–Trinajstić information content (AvgIpc) is 2.94. The second kappa shape index (κ2) is 6.80. The van der Waals surface area contributed by atoms with Gasteiger partial charge in [-0.2, -0.15) is 4.80 Å². The first-order valence-corrected chi connectivity index (χ1v) is 7.80. The van der Waals surface area contributed by atoms with Crippen molar-refractivity contribution in [1.29, 1.82) is 0 Å². The van der Waals surface area contributed by atoms with Crippen molar-refractivity contribution in [2.45, 2.75) is 20.4 Å². The lowest BCUT2D eigenvalue weighted by molar-refractivity contribution is -0.117. The maximum absolute atomic E-state index is 12.2. The van der Waals surface area contributed by atoms with Crippen LogP contribution in [0.5, 0.6) is 0 Å². The van der Waals surface area contributed by atoms with Crippen molar-refractivity contribution in [1.82, 2.24) is 20.2 Å². The number of hydrogen-bond acceptors (Lipinski definition) is 4. The van der Waals surface area contributed by atoms with Gasteiger partial charge in [0.2, 0.25) is 11.7 Å². The number of tetrazole rings is 1. The number of nitrogens with one attached hydrogen (secondary N) is 1. The van der Waals surface area contributed by atoms with Crippen molar-refractivity contribution in [3.05, 3.63) is 58.6 Å². The van der Waals surface area contributed by atoms with Crippen LogP contribution in [0.2, 0.25) is 5.02 Å². The van der Waals surface area contributed by atoms with Crippen LogP contribution in [-0.2, 0) is 11.3 Å². The molecule has 0 saturated heterocycles. The van der Waals surface area contributed by atoms with E-state index in [1.54, 1.807) is 12.1 Å². The predicted molar refractivity (Wildman–Crippen MR) is 92.8 cm³/mol. The second-order valence-corrected chi connectivity index (χ2v) is 5.96. The van der Waals surface area contributed by atoms with Crippen molar-refractivity contribution >= 4 is 23.2 Å². The number of carbonyl (C=O) groups excluding carboxylic acids is 1. The molecule has 122 valence electrons. The molecule has 3 rings (SSSR count). The Morgan fingerprint density at radius 2 is 1.88 bits per heavy atom. The van der Waals surface area contributed by atoms with Gasteiger partial charge in [-0.1, -0.05) is 29.8 Å². The first kappa shape index (κ1) is 16.1. The molecule has 2 aromatic carbocycles. The molecule has 3 aromatic rings. The zero-order valence-electron chi connectivity index (χ0n) is 13.3. The van der Waals surface area contributed by atoms with E-state index in [2.05, 4.69) is 20.7 Å². The van der Waals surface area contributed by atoms with E-state index < -0.39 is 0 Å². The van der Waals surface area contributed by atoms with E-state index in [0.717, 1.165) is 16.8 Å². The van der Waals surface area contributed by atoms with Crippen molar-refractivity contribution in [3.8, 4) is 11.4 Å². The lowest BCUT2D eigenvalue weighted by Crippen LogP contribution is -2.20. The Hall–Kier alpha value is -2.73. The number of anilines is 1. The number of aryl methyl sites for hydroxylation is 2. The van der Waals surface area contributed by atoms with Gasteiger partial charge in [0, 0.05) is 11.3 Å². The van der Waals surface area contributed by atoms with Gasteiger partial charge in [-0.05, 0) is 54.5 Å². The normalized spacial score (nSPS) is 10.6. The molecule has 6 nitrogen and oxygen atoms in total. The molecule has 0 fully saturated rings. The molecule has 1 heterocycles. The van der Waals surface area contributed by atoms with Crippen LogP contribution in [0.1, 0.15) is 11.1 Å². The standard InChI is InChI=1S/C17H16ClN5O/c1-11-7-12(2)9-13(8-11)19-16(24)10-23-21-17(20-22-23)14-5-3-4-6-15(14)18/h3-9H,10H2,1-2H3,(H,19,24). The number of rotatable bonds is 4. The maximum atomic E-state index is 12.2. The van der Waals surface area contributed by atoms with Gasteiger partial charge in [0.05, 0.1) is 5.02 Å². The Bertz CT molecular complexity index is 870. The van der Waals surface area contributed by atoms with Gasteiger partial charge in [-0.15, -0.1) is 10.2 Å². The molecule has 0 atom stereocenters. The Morgan fingerprint density at radius 3 is 2.58 bits per heavy atom. The summed E-state index contributed by atoms with van der Waals surface area (Å²) >= 11 is 6.11. The van der Waals surface area contributed by atoms with Crippen LogP contribution in [0.15, 0.2) is 42.5 Å². The van der Waals surface area contributed by atoms with Crippen LogP contribution in [-0.4, -0.2) is 26.1 Å². The number of hydrogen-bond donors (Lipinski definition) is 1. The fourth-order valence-corrected chi connectivity index (χ4v) is 2.66. The molecule has 1 N–H and O–H groups in total. The molecule has 0 saturated carbocycles. The fourth-order valence-electron chi connectivity index (χ4n) is 2.44. The zero-order valence-corrected chi connectivity index (χ0v) is 14.1. The van der Waals surface area contributed by atoms with Gasteiger partial charge in [-0.25, -0.2) is 0 Å². The van der Waals surface area contributed by atoms with Crippen LogP contribution < -0.4 is 5.32 Å².